The molecule has 3 nitrogen and oxygen atoms in total. The van der Waals surface area contributed by atoms with E-state index in [-0.39, 0.29) is 11.2 Å². The van der Waals surface area contributed by atoms with Crippen LogP contribution in [-0.4, -0.2) is 19.2 Å². The zero-order valence-electron chi connectivity index (χ0n) is 16.0. The number of benzene rings is 1. The first-order valence-electron chi connectivity index (χ1n) is 8.94. The monoisotopic (exact) mass is 388 g/mol. The maximum atomic E-state index is 10.4. The van der Waals surface area contributed by atoms with E-state index in [4.69, 9.17) is 0 Å². The molecule has 2 aromatic rings. The number of anilines is 1. The van der Waals surface area contributed by atoms with Gasteiger partial charge in [-0.2, -0.15) is 0 Å². The summed E-state index contributed by atoms with van der Waals surface area (Å²) in [6.07, 6.45) is 3.24. The number of nitrogens with zero attached hydrogens (tertiary/aromatic N) is 1. The topological polar surface area (TPSA) is 35.5 Å². The van der Waals surface area contributed by atoms with Gasteiger partial charge in [0.1, 0.15) is 5.76 Å². The molecule has 26 heavy (non-hydrogen) atoms. The predicted molar refractivity (Wildman–Crippen MR) is 117 cm³/mol. The van der Waals surface area contributed by atoms with Gasteiger partial charge in [-0.25, -0.2) is 0 Å². The molecule has 0 bridgehead atoms. The fraction of sp³-hybridized carbons (Fsp3) is 0.429. The second kappa shape index (κ2) is 7.29. The third-order valence-electron chi connectivity index (χ3n) is 5.18. The van der Waals surface area contributed by atoms with Gasteiger partial charge in [0.25, 0.3) is 0 Å². The summed E-state index contributed by atoms with van der Waals surface area (Å²) in [4.78, 5) is 4.62. The van der Waals surface area contributed by atoms with Crippen LogP contribution in [-0.2, 0) is 19.4 Å². The SMILES string of the molecule is C=C(O)c1c(-c2ccc(N(C)C)cc2CNS)sc2c1CC(C)(C)CC2. The summed E-state index contributed by atoms with van der Waals surface area (Å²) >= 11 is 6.02. The molecule has 0 unspecified atom stereocenters. The van der Waals surface area contributed by atoms with E-state index in [9.17, 15) is 5.11 Å². The van der Waals surface area contributed by atoms with Gasteiger partial charge in [0, 0.05) is 41.6 Å². The van der Waals surface area contributed by atoms with Crippen LogP contribution in [0.25, 0.3) is 16.2 Å². The van der Waals surface area contributed by atoms with Gasteiger partial charge in [0.15, 0.2) is 0 Å². The third-order valence-corrected chi connectivity index (χ3v) is 6.67. The number of hydrogen-bond donors (Lipinski definition) is 3. The highest BCUT2D eigenvalue weighted by atomic mass is 32.1. The van der Waals surface area contributed by atoms with E-state index in [1.165, 1.54) is 22.4 Å². The van der Waals surface area contributed by atoms with Crippen LogP contribution in [0.2, 0.25) is 0 Å². The molecular formula is C21H28N2OS2. The van der Waals surface area contributed by atoms with E-state index in [1.807, 2.05) is 25.4 Å². The summed E-state index contributed by atoms with van der Waals surface area (Å²) in [6, 6.07) is 6.47. The van der Waals surface area contributed by atoms with Crippen molar-refractivity contribution in [2.24, 2.45) is 5.41 Å². The molecule has 0 radical (unpaired) electrons. The van der Waals surface area contributed by atoms with Gasteiger partial charge >= 0.3 is 0 Å². The molecule has 0 atom stereocenters. The van der Waals surface area contributed by atoms with Crippen molar-refractivity contribution in [3.8, 4) is 10.4 Å². The van der Waals surface area contributed by atoms with Gasteiger partial charge in [0.2, 0.25) is 0 Å². The average Bonchev–Trinajstić information content (AvgIpc) is 2.92. The number of thiophene rings is 1. The molecule has 0 saturated carbocycles. The Bertz CT molecular complexity index is 837. The Morgan fingerprint density at radius 2 is 2.12 bits per heavy atom. The summed E-state index contributed by atoms with van der Waals surface area (Å²) in [5.74, 6) is 0.177. The van der Waals surface area contributed by atoms with Crippen LogP contribution in [0.1, 0.15) is 41.8 Å². The van der Waals surface area contributed by atoms with Crippen molar-refractivity contribution in [1.29, 1.82) is 0 Å². The molecule has 0 saturated heterocycles. The Morgan fingerprint density at radius 3 is 2.73 bits per heavy atom. The fourth-order valence-electron chi connectivity index (χ4n) is 3.73. The van der Waals surface area contributed by atoms with E-state index in [1.54, 1.807) is 0 Å². The van der Waals surface area contributed by atoms with E-state index < -0.39 is 0 Å². The summed E-state index contributed by atoms with van der Waals surface area (Å²) in [6.45, 7) is 9.15. The van der Waals surface area contributed by atoms with Crippen molar-refractivity contribution in [3.63, 3.8) is 0 Å². The molecule has 5 heteroatoms. The van der Waals surface area contributed by atoms with Crippen LogP contribution in [0.4, 0.5) is 5.69 Å². The lowest BCUT2D eigenvalue weighted by atomic mass is 9.75. The lowest BCUT2D eigenvalue weighted by molar-refractivity contribution is 0.317. The molecule has 1 aliphatic rings. The van der Waals surface area contributed by atoms with E-state index >= 15 is 0 Å². The van der Waals surface area contributed by atoms with Crippen molar-refractivity contribution in [2.75, 3.05) is 19.0 Å². The Morgan fingerprint density at radius 1 is 1.38 bits per heavy atom. The molecular weight excluding hydrogens is 360 g/mol. The van der Waals surface area contributed by atoms with Gasteiger partial charge in [0.05, 0.1) is 0 Å². The molecule has 140 valence electrons. The summed E-state index contributed by atoms with van der Waals surface area (Å²) in [5, 5.41) is 10.4. The van der Waals surface area contributed by atoms with Crippen LogP contribution in [0, 0.1) is 5.41 Å². The quantitative estimate of drug-likeness (QED) is 0.470. The highest BCUT2D eigenvalue weighted by Gasteiger charge is 2.31. The van der Waals surface area contributed by atoms with E-state index in [0.29, 0.717) is 6.54 Å². The number of thiol groups is 1. The van der Waals surface area contributed by atoms with E-state index in [2.05, 4.69) is 61.1 Å². The maximum Gasteiger partial charge on any atom is 0.117 e. The molecule has 3 rings (SSSR count). The minimum absolute atomic E-state index is 0.177. The molecule has 1 heterocycles. The standard InChI is InChI=1S/C21H28N2OS2/c1-13(24)19-17-11-21(2,3)9-8-18(17)26-20(19)16-7-6-15(23(4)5)10-14(16)12-22-25/h6-7,10,22,24-25H,1,8-9,11-12H2,2-5H3. The van der Waals surface area contributed by atoms with Crippen molar-refractivity contribution >= 4 is 35.6 Å². The Kier molecular flexibility index (Phi) is 5.42. The first kappa shape index (κ1) is 19.3. The second-order valence-electron chi connectivity index (χ2n) is 8.07. The number of nitrogens with one attached hydrogen (secondary N) is 1. The van der Waals surface area contributed by atoms with E-state index in [0.717, 1.165) is 34.5 Å². The highest BCUT2D eigenvalue weighted by Crippen LogP contribution is 2.47. The number of fused-ring (bicyclic) bond motifs is 1. The molecule has 0 aliphatic heterocycles. The highest BCUT2D eigenvalue weighted by molar-refractivity contribution is 7.78. The minimum Gasteiger partial charge on any atom is -0.508 e. The molecule has 1 aromatic heterocycles. The lowest BCUT2D eigenvalue weighted by Gasteiger charge is -2.30. The van der Waals surface area contributed by atoms with Crippen LogP contribution in [0.3, 0.4) is 0 Å². The van der Waals surface area contributed by atoms with Crippen molar-refractivity contribution in [1.82, 2.24) is 4.72 Å². The number of aliphatic hydroxyl groups is 1. The second-order valence-corrected chi connectivity index (χ2v) is 9.49. The molecule has 0 fully saturated rings. The maximum absolute atomic E-state index is 10.4. The van der Waals surface area contributed by atoms with Crippen LogP contribution in [0.15, 0.2) is 24.8 Å². The first-order chi connectivity index (χ1) is 12.2. The largest absolute Gasteiger partial charge is 0.508 e. The molecule has 2 N–H and O–H groups in total. The lowest BCUT2D eigenvalue weighted by Crippen LogP contribution is -2.21. The number of aliphatic hydroxyl groups excluding tert-OH is 1. The third kappa shape index (κ3) is 3.66. The number of aryl methyl sites for hydroxylation is 1. The van der Waals surface area contributed by atoms with Crippen molar-refractivity contribution < 1.29 is 5.11 Å². The van der Waals surface area contributed by atoms with Gasteiger partial charge in [-0.1, -0.05) is 39.3 Å². The van der Waals surface area contributed by atoms with Crippen molar-refractivity contribution in [3.05, 3.63) is 46.3 Å². The van der Waals surface area contributed by atoms with Gasteiger partial charge in [-0.3, -0.25) is 4.72 Å². The van der Waals surface area contributed by atoms with Crippen LogP contribution < -0.4 is 9.62 Å². The number of hydrogen-bond acceptors (Lipinski definition) is 5. The molecule has 1 aliphatic carbocycles. The smallest absolute Gasteiger partial charge is 0.117 e. The molecule has 0 amide bonds. The average molecular weight is 389 g/mol. The Hall–Kier alpha value is -1.43. The zero-order valence-corrected chi connectivity index (χ0v) is 17.7. The van der Waals surface area contributed by atoms with Gasteiger partial charge in [-0.05, 0) is 53.5 Å². The normalized spacial score (nSPS) is 15.6. The zero-order chi connectivity index (χ0) is 19.1. The Balaban J connectivity index is 2.18. The summed E-state index contributed by atoms with van der Waals surface area (Å²) < 4.78 is 2.98. The van der Waals surface area contributed by atoms with Gasteiger partial charge in [-0.15, -0.1) is 11.3 Å². The predicted octanol–water partition coefficient (Wildman–Crippen LogP) is 5.46. The first-order valence-corrected chi connectivity index (χ1v) is 10.2. The molecule has 0 spiro atoms. The molecule has 1 aromatic carbocycles. The minimum atomic E-state index is 0.177. The number of rotatable bonds is 5. The fourth-order valence-corrected chi connectivity index (χ4v) is 5.30. The van der Waals surface area contributed by atoms with Gasteiger partial charge < -0.3 is 10.0 Å². The van der Waals surface area contributed by atoms with Crippen LogP contribution in [0.5, 0.6) is 0 Å². The summed E-state index contributed by atoms with van der Waals surface area (Å²) in [5.41, 5.74) is 5.97. The van der Waals surface area contributed by atoms with Crippen LogP contribution >= 0.6 is 24.2 Å². The summed E-state index contributed by atoms with van der Waals surface area (Å²) in [7, 11) is 4.08. The van der Waals surface area contributed by atoms with Crippen molar-refractivity contribution in [2.45, 2.75) is 39.7 Å². The Labute approximate surface area is 166 Å².